The zero-order valence-corrected chi connectivity index (χ0v) is 10.4. The molecule has 0 amide bonds. The summed E-state index contributed by atoms with van der Waals surface area (Å²) in [6.45, 7) is 9.90. The lowest BCUT2D eigenvalue weighted by Crippen LogP contribution is -2.37. The molecule has 0 N–H and O–H groups in total. The van der Waals surface area contributed by atoms with Gasteiger partial charge in [-0.05, 0) is 34.6 Å². The zero-order chi connectivity index (χ0) is 11.9. The normalized spacial score (nSPS) is 23.8. The molecular formula is C11H17BN2O2. The molecule has 1 saturated heterocycles. The monoisotopic (exact) mass is 220 g/mol. The number of rotatable bonds is 1. The summed E-state index contributed by atoms with van der Waals surface area (Å²) >= 11 is 0. The van der Waals surface area contributed by atoms with Gasteiger partial charge in [-0.1, -0.05) is 0 Å². The van der Waals surface area contributed by atoms with Gasteiger partial charge in [-0.25, -0.2) is 9.97 Å². The highest BCUT2D eigenvalue weighted by Crippen LogP contribution is 2.26. The fraction of sp³-hybridized carbons (Fsp3) is 0.636. The molecule has 0 aliphatic carbocycles. The van der Waals surface area contributed by atoms with Crippen molar-refractivity contribution in [3.05, 3.63) is 17.7 Å². The van der Waals surface area contributed by atoms with Crippen molar-refractivity contribution in [2.75, 3.05) is 0 Å². The minimum atomic E-state index is -0.342. The first kappa shape index (κ1) is 11.5. The van der Waals surface area contributed by atoms with E-state index in [2.05, 4.69) is 9.97 Å². The smallest absolute Gasteiger partial charge is 0.402 e. The minimum absolute atomic E-state index is 0.0678. The average Bonchev–Trinajstić information content (AvgIpc) is 2.40. The molecule has 1 aliphatic heterocycles. The summed E-state index contributed by atoms with van der Waals surface area (Å²) in [4.78, 5) is 8.51. The summed E-state index contributed by atoms with van der Waals surface area (Å²) < 4.78 is 11.6. The molecule has 2 rings (SSSR count). The molecule has 5 heteroatoms. The summed E-state index contributed by atoms with van der Waals surface area (Å²) in [5, 5.41) is 0. The average molecular weight is 220 g/mol. The van der Waals surface area contributed by atoms with Crippen molar-refractivity contribution in [2.45, 2.75) is 46.3 Å². The molecule has 0 spiro atoms. The standard InChI is InChI=1S/C11H17BN2O2/c1-7-10(6-13-9(3)14-7)12-15-8(2)11(4,5)16-12/h6,8H,1-5H3. The van der Waals surface area contributed by atoms with Crippen LogP contribution in [-0.2, 0) is 9.31 Å². The van der Waals surface area contributed by atoms with Gasteiger partial charge in [0.2, 0.25) is 0 Å². The Bertz CT molecular complexity index is 409. The summed E-state index contributed by atoms with van der Waals surface area (Å²) in [5.41, 5.74) is 1.58. The molecule has 4 nitrogen and oxygen atoms in total. The van der Waals surface area contributed by atoms with Crippen molar-refractivity contribution in [2.24, 2.45) is 0 Å². The van der Waals surface area contributed by atoms with E-state index in [9.17, 15) is 0 Å². The summed E-state index contributed by atoms with van der Waals surface area (Å²) in [7, 11) is -0.342. The Morgan fingerprint density at radius 1 is 1.38 bits per heavy atom. The van der Waals surface area contributed by atoms with Crippen LogP contribution in [-0.4, -0.2) is 28.8 Å². The lowest BCUT2D eigenvalue weighted by molar-refractivity contribution is 0.0842. The van der Waals surface area contributed by atoms with Crippen LogP contribution < -0.4 is 5.46 Å². The third kappa shape index (κ3) is 1.97. The van der Waals surface area contributed by atoms with Crippen molar-refractivity contribution in [1.29, 1.82) is 0 Å². The second kappa shape index (κ2) is 3.82. The van der Waals surface area contributed by atoms with E-state index in [1.54, 1.807) is 6.20 Å². The van der Waals surface area contributed by atoms with Gasteiger partial charge in [-0.3, -0.25) is 0 Å². The highest BCUT2D eigenvalue weighted by molar-refractivity contribution is 6.62. The van der Waals surface area contributed by atoms with Crippen molar-refractivity contribution in [3.8, 4) is 0 Å². The van der Waals surface area contributed by atoms with Gasteiger partial charge >= 0.3 is 7.12 Å². The third-order valence-electron chi connectivity index (χ3n) is 3.11. The maximum Gasteiger partial charge on any atom is 0.498 e. The molecule has 1 aromatic rings. The topological polar surface area (TPSA) is 44.2 Å². The first-order valence-corrected chi connectivity index (χ1v) is 5.53. The highest BCUT2D eigenvalue weighted by atomic mass is 16.7. The van der Waals surface area contributed by atoms with Gasteiger partial charge in [0, 0.05) is 17.4 Å². The van der Waals surface area contributed by atoms with Gasteiger partial charge in [-0.2, -0.15) is 0 Å². The zero-order valence-electron chi connectivity index (χ0n) is 10.4. The largest absolute Gasteiger partial charge is 0.498 e. The first-order valence-electron chi connectivity index (χ1n) is 5.53. The minimum Gasteiger partial charge on any atom is -0.402 e. The summed E-state index contributed by atoms with van der Waals surface area (Å²) in [5.74, 6) is 0.770. The number of aryl methyl sites for hydroxylation is 2. The van der Waals surface area contributed by atoms with Gasteiger partial charge in [0.15, 0.2) is 0 Å². The molecule has 1 atom stereocenters. The lowest BCUT2D eigenvalue weighted by Gasteiger charge is -2.21. The Hall–Kier alpha value is -0.935. The summed E-state index contributed by atoms with van der Waals surface area (Å²) in [6.07, 6.45) is 1.86. The van der Waals surface area contributed by atoms with E-state index in [0.29, 0.717) is 0 Å². The SMILES string of the molecule is Cc1ncc(B2OC(C)C(C)(C)O2)c(C)n1. The number of hydrogen-bond donors (Lipinski definition) is 0. The second-order valence-electron chi connectivity index (χ2n) is 4.79. The van der Waals surface area contributed by atoms with Crippen LogP contribution in [0, 0.1) is 13.8 Å². The van der Waals surface area contributed by atoms with E-state index < -0.39 is 0 Å². The Morgan fingerprint density at radius 2 is 2.06 bits per heavy atom. The van der Waals surface area contributed by atoms with Crippen molar-refractivity contribution < 1.29 is 9.31 Å². The van der Waals surface area contributed by atoms with Crippen molar-refractivity contribution in [1.82, 2.24) is 9.97 Å². The quantitative estimate of drug-likeness (QED) is 0.662. The maximum atomic E-state index is 5.87. The molecule has 1 aromatic heterocycles. The predicted molar refractivity (Wildman–Crippen MR) is 62.6 cm³/mol. The summed E-state index contributed by atoms with van der Waals surface area (Å²) in [6, 6.07) is 0. The van der Waals surface area contributed by atoms with Gasteiger partial charge in [-0.15, -0.1) is 0 Å². The Labute approximate surface area is 96.5 Å². The molecule has 1 fully saturated rings. The molecule has 1 unspecified atom stereocenters. The fourth-order valence-electron chi connectivity index (χ4n) is 1.71. The van der Waals surface area contributed by atoms with Gasteiger partial charge in [0.1, 0.15) is 5.82 Å². The fourth-order valence-corrected chi connectivity index (χ4v) is 1.71. The lowest BCUT2D eigenvalue weighted by atomic mass is 9.79. The Morgan fingerprint density at radius 3 is 2.56 bits per heavy atom. The maximum absolute atomic E-state index is 5.87. The van der Waals surface area contributed by atoms with E-state index in [4.69, 9.17) is 9.31 Å². The Balaban J connectivity index is 2.27. The predicted octanol–water partition coefficient (Wildman–Crippen LogP) is 1.00. The van der Waals surface area contributed by atoms with E-state index in [-0.39, 0.29) is 18.8 Å². The molecule has 1 aliphatic rings. The number of hydrogen-bond acceptors (Lipinski definition) is 4. The number of nitrogens with zero attached hydrogens (tertiary/aromatic N) is 2. The molecule has 0 radical (unpaired) electrons. The molecular weight excluding hydrogens is 203 g/mol. The molecule has 0 saturated carbocycles. The van der Waals surface area contributed by atoms with Crippen molar-refractivity contribution >= 4 is 12.6 Å². The van der Waals surface area contributed by atoms with Crippen LogP contribution in [0.3, 0.4) is 0 Å². The van der Waals surface area contributed by atoms with Gasteiger partial charge in [0.25, 0.3) is 0 Å². The van der Waals surface area contributed by atoms with E-state index in [0.717, 1.165) is 17.0 Å². The van der Waals surface area contributed by atoms with Crippen LogP contribution in [0.15, 0.2) is 6.20 Å². The molecule has 0 bridgehead atoms. The van der Waals surface area contributed by atoms with E-state index in [1.165, 1.54) is 0 Å². The molecule has 0 aromatic carbocycles. The third-order valence-corrected chi connectivity index (χ3v) is 3.11. The van der Waals surface area contributed by atoms with Crippen LogP contribution in [0.1, 0.15) is 32.3 Å². The van der Waals surface area contributed by atoms with E-state index in [1.807, 2.05) is 34.6 Å². The van der Waals surface area contributed by atoms with Gasteiger partial charge in [0.05, 0.1) is 11.7 Å². The molecule has 2 heterocycles. The number of aromatic nitrogens is 2. The molecule has 16 heavy (non-hydrogen) atoms. The first-order chi connectivity index (χ1) is 7.40. The van der Waals surface area contributed by atoms with Crippen LogP contribution in [0.25, 0.3) is 0 Å². The van der Waals surface area contributed by atoms with Gasteiger partial charge < -0.3 is 9.31 Å². The van der Waals surface area contributed by atoms with E-state index >= 15 is 0 Å². The van der Waals surface area contributed by atoms with Crippen LogP contribution in [0.4, 0.5) is 0 Å². The second-order valence-corrected chi connectivity index (χ2v) is 4.79. The van der Waals surface area contributed by atoms with Crippen molar-refractivity contribution in [3.63, 3.8) is 0 Å². The van der Waals surface area contributed by atoms with Crippen LogP contribution in [0.2, 0.25) is 0 Å². The molecule has 86 valence electrons. The van der Waals surface area contributed by atoms with Crippen LogP contribution in [0.5, 0.6) is 0 Å². The van der Waals surface area contributed by atoms with Crippen LogP contribution >= 0.6 is 0 Å². The highest BCUT2D eigenvalue weighted by Gasteiger charge is 2.44. The Kier molecular flexibility index (Phi) is 2.76.